The third kappa shape index (κ3) is 4.05. The van der Waals surface area contributed by atoms with E-state index in [4.69, 9.17) is 5.11 Å². The highest BCUT2D eigenvalue weighted by Crippen LogP contribution is 2.31. The molecule has 30 heavy (non-hydrogen) atoms. The van der Waals surface area contributed by atoms with Crippen molar-refractivity contribution in [3.05, 3.63) is 64.7 Å². The van der Waals surface area contributed by atoms with Gasteiger partial charge in [-0.25, -0.2) is 0 Å². The number of benzene rings is 2. The summed E-state index contributed by atoms with van der Waals surface area (Å²) >= 11 is 0. The van der Waals surface area contributed by atoms with E-state index in [1.165, 1.54) is 0 Å². The molecule has 7 heteroatoms. The summed E-state index contributed by atoms with van der Waals surface area (Å²) < 4.78 is 0. The Bertz CT molecular complexity index is 980. The van der Waals surface area contributed by atoms with Crippen LogP contribution in [0, 0.1) is 0 Å². The monoisotopic (exact) mass is 407 g/mol. The average Bonchev–Trinajstić information content (AvgIpc) is 2.77. The normalized spacial score (nSPS) is 16.8. The van der Waals surface area contributed by atoms with Gasteiger partial charge in [-0.05, 0) is 6.07 Å². The first-order valence-corrected chi connectivity index (χ1v) is 10.3. The number of aliphatic hydroxyl groups excluding tert-OH is 1. The molecule has 1 saturated heterocycles. The van der Waals surface area contributed by atoms with Crippen LogP contribution in [0.15, 0.2) is 42.5 Å². The van der Waals surface area contributed by atoms with Crippen LogP contribution in [0.25, 0.3) is 0 Å². The van der Waals surface area contributed by atoms with E-state index in [9.17, 15) is 14.4 Å². The molecule has 1 aliphatic heterocycles. The van der Waals surface area contributed by atoms with Crippen molar-refractivity contribution in [1.82, 2.24) is 9.80 Å². The highest BCUT2D eigenvalue weighted by molar-refractivity contribution is 6.30. The van der Waals surface area contributed by atoms with Crippen molar-refractivity contribution in [2.75, 3.05) is 51.2 Å². The Labute approximate surface area is 175 Å². The number of β-amino-alcohol motifs (C(OH)–C–C–N with tert-alkyl or cyclic N) is 1. The molecule has 1 fully saturated rings. The zero-order valence-corrected chi connectivity index (χ0v) is 16.8. The number of fused-ring (bicyclic) bond motifs is 2. The Morgan fingerprint density at radius 2 is 1.43 bits per heavy atom. The second-order valence-electron chi connectivity index (χ2n) is 7.64. The molecule has 0 bridgehead atoms. The number of anilines is 1. The minimum Gasteiger partial charge on any atom is -0.395 e. The predicted molar refractivity (Wildman–Crippen MR) is 113 cm³/mol. The van der Waals surface area contributed by atoms with Crippen molar-refractivity contribution in [2.24, 2.45) is 0 Å². The first-order valence-electron chi connectivity index (χ1n) is 10.3. The van der Waals surface area contributed by atoms with Gasteiger partial charge in [0, 0.05) is 62.4 Å². The summed E-state index contributed by atoms with van der Waals surface area (Å²) in [6.45, 7) is 4.95. The van der Waals surface area contributed by atoms with E-state index < -0.39 is 0 Å². The van der Waals surface area contributed by atoms with Gasteiger partial charge < -0.3 is 15.3 Å². The Morgan fingerprint density at radius 1 is 0.833 bits per heavy atom. The Kier molecular flexibility index (Phi) is 6.03. The lowest BCUT2D eigenvalue weighted by Gasteiger charge is -2.34. The molecule has 0 spiro atoms. The molecule has 0 saturated carbocycles. The fourth-order valence-corrected chi connectivity index (χ4v) is 4.10. The number of amides is 1. The molecule has 1 heterocycles. The molecule has 0 aromatic heterocycles. The molecule has 0 unspecified atom stereocenters. The summed E-state index contributed by atoms with van der Waals surface area (Å²) in [5.74, 6) is -0.617. The van der Waals surface area contributed by atoms with Gasteiger partial charge >= 0.3 is 0 Å². The minimum absolute atomic E-state index is 0.162. The van der Waals surface area contributed by atoms with E-state index in [1.54, 1.807) is 42.5 Å². The lowest BCUT2D eigenvalue weighted by molar-refractivity contribution is -0.116. The summed E-state index contributed by atoms with van der Waals surface area (Å²) in [6.07, 6.45) is 0.308. The maximum Gasteiger partial charge on any atom is 0.225 e. The minimum atomic E-state index is -0.240. The number of carbonyl (C=O) groups excluding carboxylic acids is 3. The van der Waals surface area contributed by atoms with Crippen LogP contribution in [0.4, 0.5) is 5.69 Å². The Balaban J connectivity index is 1.42. The summed E-state index contributed by atoms with van der Waals surface area (Å²) in [4.78, 5) is 42.8. The third-order valence-electron chi connectivity index (χ3n) is 5.76. The van der Waals surface area contributed by atoms with E-state index in [2.05, 4.69) is 15.1 Å². The second kappa shape index (κ2) is 8.87. The van der Waals surface area contributed by atoms with Gasteiger partial charge in [-0.15, -0.1) is 0 Å². The van der Waals surface area contributed by atoms with E-state index >= 15 is 0 Å². The van der Waals surface area contributed by atoms with Crippen LogP contribution >= 0.6 is 0 Å². The van der Waals surface area contributed by atoms with Crippen LogP contribution in [-0.2, 0) is 4.79 Å². The quantitative estimate of drug-likeness (QED) is 0.642. The molecule has 2 aromatic rings. The van der Waals surface area contributed by atoms with Gasteiger partial charge in [-0.1, -0.05) is 36.4 Å². The average molecular weight is 407 g/mol. The number of hydrogen-bond donors (Lipinski definition) is 2. The van der Waals surface area contributed by atoms with Gasteiger partial charge in [-0.3, -0.25) is 19.3 Å². The number of piperazine rings is 1. The fourth-order valence-electron chi connectivity index (χ4n) is 4.10. The number of nitrogens with zero attached hydrogens (tertiary/aromatic N) is 2. The largest absolute Gasteiger partial charge is 0.395 e. The SMILES string of the molecule is O=C(CCN1CCN(CCO)CC1)Nc1cccc2c1C(=O)c1ccccc1C2=O. The van der Waals surface area contributed by atoms with Gasteiger partial charge in [0.1, 0.15) is 0 Å². The zero-order valence-electron chi connectivity index (χ0n) is 16.8. The molecule has 2 aliphatic rings. The predicted octanol–water partition coefficient (Wildman–Crippen LogP) is 1.40. The highest BCUT2D eigenvalue weighted by Gasteiger charge is 2.31. The number of hydrogen-bond acceptors (Lipinski definition) is 6. The van der Waals surface area contributed by atoms with Crippen molar-refractivity contribution >= 4 is 23.2 Å². The van der Waals surface area contributed by atoms with Crippen molar-refractivity contribution in [3.8, 4) is 0 Å². The Morgan fingerprint density at radius 3 is 2.10 bits per heavy atom. The standard InChI is InChI=1S/C23H25N3O4/c27-15-14-26-12-10-25(11-13-26)9-8-20(28)24-19-7-3-6-18-21(19)23(30)17-5-2-1-4-16(17)22(18)29/h1-7,27H,8-15H2,(H,24,28). The van der Waals surface area contributed by atoms with Gasteiger partial charge in [0.2, 0.25) is 5.91 Å². The van der Waals surface area contributed by atoms with Crippen LogP contribution in [0.1, 0.15) is 38.3 Å². The van der Waals surface area contributed by atoms with Crippen LogP contribution in [0.3, 0.4) is 0 Å². The molecular weight excluding hydrogens is 382 g/mol. The lowest BCUT2D eigenvalue weighted by atomic mass is 9.83. The maximum atomic E-state index is 13.0. The first-order chi connectivity index (χ1) is 14.6. The van der Waals surface area contributed by atoms with E-state index in [1.807, 2.05) is 0 Å². The van der Waals surface area contributed by atoms with Crippen molar-refractivity contribution in [1.29, 1.82) is 0 Å². The smallest absolute Gasteiger partial charge is 0.225 e. The van der Waals surface area contributed by atoms with Crippen LogP contribution in [0.5, 0.6) is 0 Å². The molecule has 0 radical (unpaired) electrons. The molecule has 2 N–H and O–H groups in total. The maximum absolute atomic E-state index is 13.0. The molecule has 1 amide bonds. The Hall–Kier alpha value is -2.87. The summed E-state index contributed by atoms with van der Waals surface area (Å²) in [6, 6.07) is 11.8. The fraction of sp³-hybridized carbons (Fsp3) is 0.348. The third-order valence-corrected chi connectivity index (χ3v) is 5.76. The van der Waals surface area contributed by atoms with Gasteiger partial charge in [-0.2, -0.15) is 0 Å². The van der Waals surface area contributed by atoms with E-state index in [-0.39, 0.29) is 29.6 Å². The molecule has 2 aromatic carbocycles. The molecule has 0 atom stereocenters. The first kappa shape index (κ1) is 20.4. The van der Waals surface area contributed by atoms with E-state index in [0.29, 0.717) is 41.9 Å². The summed E-state index contributed by atoms with van der Waals surface area (Å²) in [5.41, 5.74) is 1.76. The molecule has 7 nitrogen and oxygen atoms in total. The van der Waals surface area contributed by atoms with Crippen molar-refractivity contribution in [3.63, 3.8) is 0 Å². The van der Waals surface area contributed by atoms with Gasteiger partial charge in [0.05, 0.1) is 17.9 Å². The van der Waals surface area contributed by atoms with Gasteiger partial charge in [0.25, 0.3) is 0 Å². The second-order valence-corrected chi connectivity index (χ2v) is 7.64. The molecule has 4 rings (SSSR count). The number of nitrogens with one attached hydrogen (secondary N) is 1. The zero-order chi connectivity index (χ0) is 21.1. The number of rotatable bonds is 6. The van der Waals surface area contributed by atoms with Crippen LogP contribution < -0.4 is 5.32 Å². The van der Waals surface area contributed by atoms with E-state index in [0.717, 1.165) is 26.2 Å². The molecule has 1 aliphatic carbocycles. The topological polar surface area (TPSA) is 89.9 Å². The summed E-state index contributed by atoms with van der Waals surface area (Å²) in [7, 11) is 0. The lowest BCUT2D eigenvalue weighted by Crippen LogP contribution is -2.47. The highest BCUT2D eigenvalue weighted by atomic mass is 16.3. The van der Waals surface area contributed by atoms with Crippen LogP contribution in [-0.4, -0.2) is 78.3 Å². The van der Waals surface area contributed by atoms with Crippen molar-refractivity contribution in [2.45, 2.75) is 6.42 Å². The molecular formula is C23H25N3O4. The number of ketones is 2. The van der Waals surface area contributed by atoms with Gasteiger partial charge in [0.15, 0.2) is 11.6 Å². The summed E-state index contributed by atoms with van der Waals surface area (Å²) in [5, 5.41) is 11.9. The molecule has 156 valence electrons. The number of aliphatic hydroxyl groups is 1. The van der Waals surface area contributed by atoms with Crippen molar-refractivity contribution < 1.29 is 19.5 Å². The van der Waals surface area contributed by atoms with Crippen LogP contribution in [0.2, 0.25) is 0 Å². The number of carbonyl (C=O) groups is 3.